The lowest BCUT2D eigenvalue weighted by atomic mass is 9.96. The quantitative estimate of drug-likeness (QED) is 0.179. The lowest BCUT2D eigenvalue weighted by Crippen LogP contribution is -2.31. The molecule has 2 atom stereocenters. The predicted octanol–water partition coefficient (Wildman–Crippen LogP) is 5.97. The molecule has 4 aromatic rings. The minimum absolute atomic E-state index is 0.0629. The number of hydrogen-bond donors (Lipinski definition) is 3. The summed E-state index contributed by atoms with van der Waals surface area (Å²) in [5, 5.41) is 17.4. The van der Waals surface area contributed by atoms with Gasteiger partial charge in [-0.05, 0) is 93.0 Å². The second kappa shape index (κ2) is 11.3. The van der Waals surface area contributed by atoms with E-state index < -0.39 is 5.97 Å². The van der Waals surface area contributed by atoms with Gasteiger partial charge in [0.25, 0.3) is 0 Å². The van der Waals surface area contributed by atoms with Gasteiger partial charge in [0.05, 0.1) is 23.3 Å². The molecule has 0 aliphatic carbocycles. The summed E-state index contributed by atoms with van der Waals surface area (Å²) in [6, 6.07) is 23.5. The van der Waals surface area contributed by atoms with Crippen LogP contribution in [0.5, 0.6) is 0 Å². The molecule has 3 heterocycles. The van der Waals surface area contributed by atoms with Crippen LogP contribution in [0.4, 0.5) is 5.69 Å². The number of rotatable bonds is 9. The summed E-state index contributed by atoms with van der Waals surface area (Å²) in [5.41, 5.74) is 7.43. The number of hydrogen-bond acceptors (Lipinski definition) is 4. The van der Waals surface area contributed by atoms with Gasteiger partial charge in [0.15, 0.2) is 5.11 Å². The van der Waals surface area contributed by atoms with Crippen molar-refractivity contribution in [1.82, 2.24) is 19.8 Å². The zero-order valence-electron chi connectivity index (χ0n) is 22.4. The Morgan fingerprint density at radius 3 is 2.54 bits per heavy atom. The molecular weight excluding hydrogens is 506 g/mol. The maximum absolute atomic E-state index is 11.7. The second-order valence-electron chi connectivity index (χ2n) is 9.93. The van der Waals surface area contributed by atoms with Gasteiger partial charge < -0.3 is 25.2 Å². The number of aromatic carboxylic acids is 1. The van der Waals surface area contributed by atoms with E-state index in [0.29, 0.717) is 5.11 Å². The number of thiocarbonyl (C=S) groups is 1. The lowest BCUT2D eigenvalue weighted by Gasteiger charge is -2.28. The molecule has 1 aliphatic heterocycles. The van der Waals surface area contributed by atoms with E-state index in [9.17, 15) is 9.90 Å². The Kier molecular flexibility index (Phi) is 7.65. The Morgan fingerprint density at radius 2 is 1.82 bits per heavy atom. The summed E-state index contributed by atoms with van der Waals surface area (Å²) in [5.74, 6) is -0.935. The summed E-state index contributed by atoms with van der Waals surface area (Å²) in [7, 11) is 0. The first-order chi connectivity index (χ1) is 18.8. The third kappa shape index (κ3) is 5.38. The molecule has 2 aromatic heterocycles. The Bertz CT molecular complexity index is 1490. The molecule has 2 aromatic carbocycles. The Balaban J connectivity index is 1.50. The number of nitrogens with one attached hydrogen (secondary N) is 2. The lowest BCUT2D eigenvalue weighted by molar-refractivity contribution is 0.0697. The number of aryl methyl sites for hydroxylation is 2. The van der Waals surface area contributed by atoms with Crippen molar-refractivity contribution >= 4 is 29.0 Å². The van der Waals surface area contributed by atoms with Crippen molar-refractivity contribution in [3.63, 3.8) is 0 Å². The minimum atomic E-state index is -0.935. The number of para-hydroxylation sites is 1. The van der Waals surface area contributed by atoms with E-state index >= 15 is 0 Å². The number of anilines is 1. The highest BCUT2D eigenvalue weighted by Gasteiger charge is 2.41. The van der Waals surface area contributed by atoms with Gasteiger partial charge in [-0.1, -0.05) is 30.3 Å². The summed E-state index contributed by atoms with van der Waals surface area (Å²) >= 11 is 5.88. The molecule has 0 amide bonds. The summed E-state index contributed by atoms with van der Waals surface area (Å²) < 4.78 is 2.16. The van der Waals surface area contributed by atoms with E-state index in [2.05, 4.69) is 57.1 Å². The number of carboxylic acid groups (broad SMARTS) is 1. The average Bonchev–Trinajstić information content (AvgIpc) is 3.42. The van der Waals surface area contributed by atoms with Crippen LogP contribution in [0.3, 0.4) is 0 Å². The highest BCUT2D eigenvalue weighted by Crippen LogP contribution is 2.41. The molecule has 1 fully saturated rings. The number of aromatic nitrogens is 2. The van der Waals surface area contributed by atoms with Crippen LogP contribution in [0.2, 0.25) is 0 Å². The monoisotopic (exact) mass is 539 g/mol. The molecule has 0 bridgehead atoms. The molecular formula is C31H33N5O2S. The van der Waals surface area contributed by atoms with Crippen molar-refractivity contribution in [1.29, 1.82) is 0 Å². The zero-order chi connectivity index (χ0) is 27.5. The van der Waals surface area contributed by atoms with Gasteiger partial charge in [-0.25, -0.2) is 4.79 Å². The number of pyridine rings is 1. The summed E-state index contributed by atoms with van der Waals surface area (Å²) in [6.07, 6.45) is 2.72. The fraction of sp³-hybridized carbons (Fsp3) is 0.258. The van der Waals surface area contributed by atoms with Crippen LogP contribution in [0.1, 0.15) is 57.1 Å². The van der Waals surface area contributed by atoms with Crippen LogP contribution in [0.25, 0.3) is 5.69 Å². The summed E-state index contributed by atoms with van der Waals surface area (Å²) in [6.45, 7) is 7.77. The molecule has 8 heteroatoms. The third-order valence-electron chi connectivity index (χ3n) is 7.36. The molecule has 3 N–H and O–H groups in total. The van der Waals surface area contributed by atoms with Crippen LogP contribution in [-0.2, 0) is 0 Å². The van der Waals surface area contributed by atoms with Crippen LogP contribution in [0, 0.1) is 20.8 Å². The maximum atomic E-state index is 11.7. The average molecular weight is 540 g/mol. The first-order valence-electron chi connectivity index (χ1n) is 13.2. The van der Waals surface area contributed by atoms with Crippen molar-refractivity contribution < 1.29 is 9.90 Å². The summed E-state index contributed by atoms with van der Waals surface area (Å²) in [4.78, 5) is 18.7. The third-order valence-corrected chi connectivity index (χ3v) is 7.71. The Morgan fingerprint density at radius 1 is 1.05 bits per heavy atom. The first kappa shape index (κ1) is 26.4. The van der Waals surface area contributed by atoms with Gasteiger partial charge in [-0.2, -0.15) is 0 Å². The van der Waals surface area contributed by atoms with Crippen molar-refractivity contribution in [2.45, 2.75) is 39.3 Å². The van der Waals surface area contributed by atoms with Gasteiger partial charge in [0.2, 0.25) is 0 Å². The Labute approximate surface area is 234 Å². The van der Waals surface area contributed by atoms with E-state index in [4.69, 9.17) is 12.2 Å². The smallest absolute Gasteiger partial charge is 0.335 e. The van der Waals surface area contributed by atoms with Crippen LogP contribution < -0.4 is 10.6 Å². The van der Waals surface area contributed by atoms with E-state index in [1.54, 1.807) is 12.1 Å². The topological polar surface area (TPSA) is 82.4 Å². The van der Waals surface area contributed by atoms with E-state index in [-0.39, 0.29) is 17.6 Å². The standard InChI is InChI=1S/C31H33N5O2S/c1-20-13-14-23(30(37)38)19-27(20)36-21(2)18-25(22(36)3)29-28(26-12-7-8-15-33-26)34-31(39)35(29)17-9-16-32-24-10-5-4-6-11-24/h4-8,10-15,18-19,28-29,32H,9,16-17H2,1-3H3,(H,34,39)(H,37,38)/t28-,29+/m1/s1. The molecule has 5 rings (SSSR count). The molecule has 7 nitrogen and oxygen atoms in total. The highest BCUT2D eigenvalue weighted by atomic mass is 32.1. The van der Waals surface area contributed by atoms with Crippen LogP contribution >= 0.6 is 12.2 Å². The highest BCUT2D eigenvalue weighted by molar-refractivity contribution is 7.80. The van der Waals surface area contributed by atoms with Crippen molar-refractivity contribution in [3.8, 4) is 5.69 Å². The Hall–Kier alpha value is -4.17. The van der Waals surface area contributed by atoms with Crippen LogP contribution in [-0.4, -0.2) is 43.7 Å². The molecule has 0 radical (unpaired) electrons. The second-order valence-corrected chi connectivity index (χ2v) is 10.3. The zero-order valence-corrected chi connectivity index (χ0v) is 23.2. The minimum Gasteiger partial charge on any atom is -0.478 e. The number of carbonyl (C=O) groups is 1. The van der Waals surface area contributed by atoms with E-state index in [0.717, 1.165) is 59.1 Å². The van der Waals surface area contributed by atoms with Gasteiger partial charge in [0.1, 0.15) is 0 Å². The largest absolute Gasteiger partial charge is 0.478 e. The van der Waals surface area contributed by atoms with Crippen LogP contribution in [0.15, 0.2) is 79.0 Å². The van der Waals surface area contributed by atoms with Gasteiger partial charge in [0, 0.05) is 42.0 Å². The molecule has 200 valence electrons. The van der Waals surface area contributed by atoms with Gasteiger partial charge in [-0.15, -0.1) is 0 Å². The molecule has 0 unspecified atom stereocenters. The first-order valence-corrected chi connectivity index (χ1v) is 13.6. The van der Waals surface area contributed by atoms with E-state index in [1.807, 2.05) is 55.6 Å². The van der Waals surface area contributed by atoms with Gasteiger partial charge in [-0.3, -0.25) is 4.98 Å². The molecule has 0 saturated carbocycles. The molecule has 1 saturated heterocycles. The fourth-order valence-electron chi connectivity index (χ4n) is 5.46. The molecule has 39 heavy (non-hydrogen) atoms. The van der Waals surface area contributed by atoms with Crippen molar-refractivity contribution in [2.75, 3.05) is 18.4 Å². The normalized spacial score (nSPS) is 16.8. The number of nitrogens with zero attached hydrogens (tertiary/aromatic N) is 3. The predicted molar refractivity (Wildman–Crippen MR) is 159 cm³/mol. The van der Waals surface area contributed by atoms with Crippen molar-refractivity contribution in [2.24, 2.45) is 0 Å². The fourth-order valence-corrected chi connectivity index (χ4v) is 5.80. The maximum Gasteiger partial charge on any atom is 0.335 e. The molecule has 1 aliphatic rings. The number of benzene rings is 2. The van der Waals surface area contributed by atoms with Gasteiger partial charge >= 0.3 is 5.97 Å². The molecule has 0 spiro atoms. The van der Waals surface area contributed by atoms with Crippen molar-refractivity contribution in [3.05, 3.63) is 113 Å². The SMILES string of the molecule is Cc1ccc(C(=O)O)cc1-n1c(C)cc([C@H]2[C@@H](c3ccccn3)NC(=S)N2CCCNc2ccccc2)c1C. The number of carboxylic acids is 1. The van der Waals surface area contributed by atoms with E-state index in [1.165, 1.54) is 0 Å².